The number of aliphatic hydroxyl groups is 1. The minimum Gasteiger partial charge on any atom is -0.478 e. The quantitative estimate of drug-likeness (QED) is 0.857. The molecule has 1 heterocycles. The zero-order valence-corrected chi connectivity index (χ0v) is 12.8. The molecule has 1 atom stereocenters. The first kappa shape index (κ1) is 15.5. The summed E-state index contributed by atoms with van der Waals surface area (Å²) < 4.78 is 2.10. The van der Waals surface area contributed by atoms with Crippen LogP contribution in [0.5, 0.6) is 0 Å². The van der Waals surface area contributed by atoms with E-state index in [1.165, 1.54) is 0 Å². The van der Waals surface area contributed by atoms with E-state index in [4.69, 9.17) is 0 Å². The molecule has 21 heavy (non-hydrogen) atoms. The van der Waals surface area contributed by atoms with Crippen LogP contribution in [0.15, 0.2) is 18.2 Å². The van der Waals surface area contributed by atoms with E-state index in [0.29, 0.717) is 6.42 Å². The van der Waals surface area contributed by atoms with Crippen LogP contribution >= 0.6 is 0 Å². The highest BCUT2D eigenvalue weighted by Crippen LogP contribution is 2.31. The first-order chi connectivity index (χ1) is 9.96. The van der Waals surface area contributed by atoms with E-state index >= 15 is 0 Å². The zero-order valence-electron chi connectivity index (χ0n) is 12.8. The highest BCUT2D eigenvalue weighted by Gasteiger charge is 2.28. The van der Waals surface area contributed by atoms with Crippen LogP contribution in [-0.2, 0) is 12.0 Å². The monoisotopic (exact) mass is 290 g/mol. The molecule has 1 aromatic carbocycles. The van der Waals surface area contributed by atoms with Gasteiger partial charge in [-0.3, -0.25) is 0 Å². The number of aryl methyl sites for hydroxylation is 1. The van der Waals surface area contributed by atoms with E-state index in [1.54, 1.807) is 18.2 Å². The predicted octanol–water partition coefficient (Wildman–Crippen LogP) is 2.80. The number of carboxylic acids is 1. The molecule has 0 fully saturated rings. The molecule has 0 aliphatic heterocycles. The van der Waals surface area contributed by atoms with Crippen LogP contribution in [-0.4, -0.2) is 32.3 Å². The fraction of sp³-hybridized carbons (Fsp3) is 0.500. The summed E-state index contributed by atoms with van der Waals surface area (Å²) in [5, 5.41) is 18.6. The average Bonchev–Trinajstić information content (AvgIpc) is 2.85. The van der Waals surface area contributed by atoms with Gasteiger partial charge in [0.1, 0.15) is 5.82 Å². The van der Waals surface area contributed by atoms with Gasteiger partial charge in [0.15, 0.2) is 0 Å². The molecule has 1 aromatic heterocycles. The van der Waals surface area contributed by atoms with E-state index in [-0.39, 0.29) is 17.7 Å². The SMILES string of the molecule is CCc1nc2ccc(C(=O)O)cc2n1C(C)(CC)CCO. The lowest BCUT2D eigenvalue weighted by molar-refractivity contribution is 0.0697. The van der Waals surface area contributed by atoms with Crippen molar-refractivity contribution in [3.05, 3.63) is 29.6 Å². The fourth-order valence-corrected chi connectivity index (χ4v) is 2.79. The number of benzene rings is 1. The molecule has 5 nitrogen and oxygen atoms in total. The molecule has 0 spiro atoms. The van der Waals surface area contributed by atoms with Crippen LogP contribution in [0.1, 0.15) is 49.8 Å². The summed E-state index contributed by atoms with van der Waals surface area (Å²) >= 11 is 0. The van der Waals surface area contributed by atoms with Crippen molar-refractivity contribution in [2.75, 3.05) is 6.61 Å². The number of imidazole rings is 1. The van der Waals surface area contributed by atoms with Gasteiger partial charge in [0.25, 0.3) is 0 Å². The van der Waals surface area contributed by atoms with Gasteiger partial charge in [0.05, 0.1) is 16.6 Å². The van der Waals surface area contributed by atoms with E-state index < -0.39 is 5.97 Å². The third-order valence-corrected chi connectivity index (χ3v) is 4.24. The predicted molar refractivity (Wildman–Crippen MR) is 81.7 cm³/mol. The second-order valence-corrected chi connectivity index (χ2v) is 5.55. The van der Waals surface area contributed by atoms with Crippen molar-refractivity contribution in [2.45, 2.75) is 45.6 Å². The smallest absolute Gasteiger partial charge is 0.335 e. The number of carbonyl (C=O) groups is 1. The van der Waals surface area contributed by atoms with Crippen LogP contribution < -0.4 is 0 Å². The number of carboxylic acid groups (broad SMARTS) is 1. The third kappa shape index (κ3) is 2.65. The second kappa shape index (κ2) is 5.85. The zero-order chi connectivity index (χ0) is 15.6. The lowest BCUT2D eigenvalue weighted by Gasteiger charge is -2.32. The highest BCUT2D eigenvalue weighted by molar-refractivity contribution is 5.92. The Hall–Kier alpha value is -1.88. The summed E-state index contributed by atoms with van der Waals surface area (Å²) in [4.78, 5) is 15.8. The first-order valence-corrected chi connectivity index (χ1v) is 7.32. The fourth-order valence-electron chi connectivity index (χ4n) is 2.79. The van der Waals surface area contributed by atoms with Gasteiger partial charge in [-0.15, -0.1) is 0 Å². The Kier molecular flexibility index (Phi) is 4.32. The van der Waals surface area contributed by atoms with E-state index in [2.05, 4.69) is 23.4 Å². The normalized spacial score (nSPS) is 14.3. The van der Waals surface area contributed by atoms with Gasteiger partial charge in [0.2, 0.25) is 0 Å². The molecule has 2 rings (SSSR count). The molecule has 0 aliphatic rings. The van der Waals surface area contributed by atoms with Crippen LogP contribution in [0, 0.1) is 0 Å². The largest absolute Gasteiger partial charge is 0.478 e. The number of hydrogen-bond donors (Lipinski definition) is 2. The van der Waals surface area contributed by atoms with Gasteiger partial charge < -0.3 is 14.8 Å². The summed E-state index contributed by atoms with van der Waals surface area (Å²) in [5.41, 5.74) is 1.61. The molecule has 5 heteroatoms. The number of hydrogen-bond acceptors (Lipinski definition) is 3. The van der Waals surface area contributed by atoms with Crippen molar-refractivity contribution in [3.8, 4) is 0 Å². The molecule has 0 bridgehead atoms. The summed E-state index contributed by atoms with van der Waals surface area (Å²) in [6.07, 6.45) is 2.21. The van der Waals surface area contributed by atoms with Gasteiger partial charge in [-0.2, -0.15) is 0 Å². The van der Waals surface area contributed by atoms with Gasteiger partial charge >= 0.3 is 5.97 Å². The molecule has 2 aromatic rings. The van der Waals surface area contributed by atoms with Gasteiger partial charge in [-0.1, -0.05) is 13.8 Å². The van der Waals surface area contributed by atoms with Crippen molar-refractivity contribution in [3.63, 3.8) is 0 Å². The Morgan fingerprint density at radius 3 is 2.62 bits per heavy atom. The summed E-state index contributed by atoms with van der Waals surface area (Å²) in [5.74, 6) is -0.0200. The van der Waals surface area contributed by atoms with Crippen LogP contribution in [0.4, 0.5) is 0 Å². The molecule has 0 amide bonds. The number of aromatic nitrogens is 2. The van der Waals surface area contributed by atoms with Gasteiger partial charge in [0, 0.05) is 18.6 Å². The maximum atomic E-state index is 11.2. The Labute approximate surface area is 124 Å². The maximum absolute atomic E-state index is 11.2. The Morgan fingerprint density at radius 2 is 2.10 bits per heavy atom. The Balaban J connectivity index is 2.74. The van der Waals surface area contributed by atoms with Crippen molar-refractivity contribution in [1.82, 2.24) is 9.55 Å². The van der Waals surface area contributed by atoms with Crippen LogP contribution in [0.3, 0.4) is 0 Å². The number of aliphatic hydroxyl groups excluding tert-OH is 1. The minimum absolute atomic E-state index is 0.0891. The second-order valence-electron chi connectivity index (χ2n) is 5.55. The number of fused-ring (bicyclic) bond motifs is 1. The minimum atomic E-state index is -0.942. The Morgan fingerprint density at radius 1 is 1.38 bits per heavy atom. The van der Waals surface area contributed by atoms with E-state index in [9.17, 15) is 15.0 Å². The summed E-state index contributed by atoms with van der Waals surface area (Å²) in [6.45, 7) is 6.27. The molecule has 2 N–H and O–H groups in total. The topological polar surface area (TPSA) is 75.3 Å². The van der Waals surface area contributed by atoms with Crippen molar-refractivity contribution < 1.29 is 15.0 Å². The number of rotatable bonds is 6. The molecule has 114 valence electrons. The Bertz CT molecular complexity index is 663. The molecule has 0 radical (unpaired) electrons. The average molecular weight is 290 g/mol. The number of nitrogens with zero attached hydrogens (tertiary/aromatic N) is 2. The molecule has 0 saturated carbocycles. The summed E-state index contributed by atoms with van der Waals surface area (Å²) in [7, 11) is 0. The first-order valence-electron chi connectivity index (χ1n) is 7.32. The molecule has 1 unspecified atom stereocenters. The third-order valence-electron chi connectivity index (χ3n) is 4.24. The van der Waals surface area contributed by atoms with Crippen molar-refractivity contribution in [1.29, 1.82) is 0 Å². The van der Waals surface area contributed by atoms with Crippen molar-refractivity contribution in [2.24, 2.45) is 0 Å². The van der Waals surface area contributed by atoms with Gasteiger partial charge in [-0.05, 0) is 38.0 Å². The lowest BCUT2D eigenvalue weighted by Crippen LogP contribution is -2.32. The van der Waals surface area contributed by atoms with Crippen LogP contribution in [0.25, 0.3) is 11.0 Å². The lowest BCUT2D eigenvalue weighted by atomic mass is 9.93. The highest BCUT2D eigenvalue weighted by atomic mass is 16.4. The van der Waals surface area contributed by atoms with E-state index in [0.717, 1.165) is 29.7 Å². The molecule has 0 saturated heterocycles. The van der Waals surface area contributed by atoms with Crippen LogP contribution in [0.2, 0.25) is 0 Å². The number of aromatic carboxylic acids is 1. The summed E-state index contributed by atoms with van der Waals surface area (Å²) in [6, 6.07) is 5.01. The standard InChI is InChI=1S/C16H22N2O3/c1-4-14-17-12-7-6-11(15(20)21)10-13(12)18(14)16(3,5-2)8-9-19/h6-7,10,19H,4-5,8-9H2,1-3H3,(H,20,21). The molecule has 0 aliphatic carbocycles. The maximum Gasteiger partial charge on any atom is 0.335 e. The van der Waals surface area contributed by atoms with Gasteiger partial charge in [-0.25, -0.2) is 9.78 Å². The van der Waals surface area contributed by atoms with E-state index in [1.807, 2.05) is 6.92 Å². The van der Waals surface area contributed by atoms with Crippen molar-refractivity contribution >= 4 is 17.0 Å². The molecular weight excluding hydrogens is 268 g/mol. The molecular formula is C16H22N2O3.